The molecule has 0 nitrogen and oxygen atoms in total. The van der Waals surface area contributed by atoms with E-state index in [-0.39, 0.29) is 27.6 Å². The van der Waals surface area contributed by atoms with Crippen LogP contribution in [0.3, 0.4) is 0 Å². The normalized spacial score (nSPS) is 11.0. The Kier molecular flexibility index (Phi) is 8.23. The lowest BCUT2D eigenvalue weighted by molar-refractivity contribution is 0.451. The van der Waals surface area contributed by atoms with Gasteiger partial charge in [-0.2, -0.15) is 0 Å². The molecule has 0 atom stereocenters. The molecule has 0 aliphatic carbocycles. The van der Waals surface area contributed by atoms with Crippen molar-refractivity contribution in [1.29, 1.82) is 0 Å². The van der Waals surface area contributed by atoms with Crippen LogP contribution in [-0.2, 0) is 6.42 Å². The van der Waals surface area contributed by atoms with E-state index >= 15 is 0 Å². The maximum Gasteiger partial charge on any atom is 0.195 e. The van der Waals surface area contributed by atoms with E-state index in [0.29, 0.717) is 6.07 Å². The minimum absolute atomic E-state index is 0.0174. The van der Waals surface area contributed by atoms with Crippen molar-refractivity contribution in [3.05, 3.63) is 106 Å². The van der Waals surface area contributed by atoms with Gasteiger partial charge < -0.3 is 0 Å². The average Bonchev–Trinajstić information content (AvgIpc) is 2.86. The van der Waals surface area contributed by atoms with Gasteiger partial charge in [0.1, 0.15) is 17.5 Å². The van der Waals surface area contributed by atoms with Gasteiger partial charge in [0.2, 0.25) is 0 Å². The Morgan fingerprint density at radius 2 is 1.41 bits per heavy atom. The number of unbranched alkanes of at least 4 members (excludes halogenated alkanes) is 4. The maximum absolute atomic E-state index is 14.9. The molecular weight excluding hydrogens is 486 g/mol. The van der Waals surface area contributed by atoms with Gasteiger partial charge in [0.25, 0.3) is 0 Å². The van der Waals surface area contributed by atoms with Gasteiger partial charge in [-0.3, -0.25) is 0 Å². The zero-order valence-corrected chi connectivity index (χ0v) is 20.2. The lowest BCUT2D eigenvalue weighted by atomic mass is 9.98. The Hall–Kier alpha value is -3.72. The first-order chi connectivity index (χ1) is 17.8. The second-order valence-corrected chi connectivity index (χ2v) is 8.97. The third kappa shape index (κ3) is 5.99. The molecule has 0 radical (unpaired) electrons. The van der Waals surface area contributed by atoms with Crippen molar-refractivity contribution in [1.82, 2.24) is 0 Å². The topological polar surface area (TPSA) is 0 Å². The van der Waals surface area contributed by atoms with Gasteiger partial charge in [0.05, 0.1) is 10.9 Å². The molecule has 0 unspecified atom stereocenters. The van der Waals surface area contributed by atoms with Gasteiger partial charge in [-0.1, -0.05) is 56.6 Å². The lowest BCUT2D eigenvalue weighted by Crippen LogP contribution is -1.96. The third-order valence-electron chi connectivity index (χ3n) is 6.25. The van der Waals surface area contributed by atoms with Gasteiger partial charge in [-0.15, -0.1) is 0 Å². The molecule has 37 heavy (non-hydrogen) atoms. The van der Waals surface area contributed by atoms with E-state index in [9.17, 15) is 26.3 Å². The van der Waals surface area contributed by atoms with Gasteiger partial charge in [0.15, 0.2) is 17.5 Å². The van der Waals surface area contributed by atoms with Crippen LogP contribution in [0, 0.1) is 46.7 Å². The summed E-state index contributed by atoms with van der Waals surface area (Å²) in [6.45, 7) is 2.15. The molecular formula is C31H24F6. The summed E-state index contributed by atoms with van der Waals surface area (Å²) in [5, 5.41) is -0.954. The van der Waals surface area contributed by atoms with Crippen LogP contribution in [0.4, 0.5) is 26.3 Å². The molecule has 0 saturated heterocycles. The minimum Gasteiger partial charge on any atom is -0.206 e. The van der Waals surface area contributed by atoms with Crippen LogP contribution in [0.2, 0.25) is 0 Å². The number of halogens is 6. The maximum atomic E-state index is 14.9. The zero-order chi connectivity index (χ0) is 26.5. The van der Waals surface area contributed by atoms with E-state index in [1.807, 2.05) is 6.07 Å². The molecule has 0 amide bonds. The predicted molar refractivity (Wildman–Crippen MR) is 134 cm³/mol. The molecule has 4 aromatic carbocycles. The van der Waals surface area contributed by atoms with E-state index < -0.39 is 40.3 Å². The fourth-order valence-corrected chi connectivity index (χ4v) is 4.26. The fraction of sp³-hybridized carbons (Fsp3) is 0.226. The summed E-state index contributed by atoms with van der Waals surface area (Å²) < 4.78 is 85.0. The molecule has 6 heteroatoms. The Balaban J connectivity index is 1.54. The first kappa shape index (κ1) is 26.3. The second-order valence-electron chi connectivity index (χ2n) is 8.97. The van der Waals surface area contributed by atoms with Crippen molar-refractivity contribution < 1.29 is 26.3 Å². The molecule has 0 aliphatic heterocycles. The SMILES string of the molecule is CCCCCCCc1ccc(C#Cc2ccc(-c3cc(F)c4c(F)c(F)c(F)cc4c3)c(F)c2)c(F)c1. The fourth-order valence-electron chi connectivity index (χ4n) is 4.26. The summed E-state index contributed by atoms with van der Waals surface area (Å²) in [7, 11) is 0. The van der Waals surface area contributed by atoms with Crippen molar-refractivity contribution in [2.24, 2.45) is 0 Å². The first-order valence-corrected chi connectivity index (χ1v) is 12.2. The molecule has 0 aromatic heterocycles. The molecule has 0 heterocycles. The summed E-state index contributed by atoms with van der Waals surface area (Å²) in [4.78, 5) is 0. The highest BCUT2D eigenvalue weighted by atomic mass is 19.2. The highest BCUT2D eigenvalue weighted by Gasteiger charge is 2.18. The monoisotopic (exact) mass is 510 g/mol. The Bertz CT molecular complexity index is 1510. The number of hydrogen-bond donors (Lipinski definition) is 0. The number of aryl methyl sites for hydroxylation is 1. The van der Waals surface area contributed by atoms with E-state index in [2.05, 4.69) is 18.8 Å². The van der Waals surface area contributed by atoms with Crippen LogP contribution < -0.4 is 0 Å². The number of hydrogen-bond acceptors (Lipinski definition) is 0. The molecule has 0 bridgehead atoms. The van der Waals surface area contributed by atoms with Crippen molar-refractivity contribution in [3.8, 4) is 23.0 Å². The highest BCUT2D eigenvalue weighted by molar-refractivity contribution is 5.88. The Morgan fingerprint density at radius 1 is 0.622 bits per heavy atom. The van der Waals surface area contributed by atoms with E-state index in [4.69, 9.17) is 0 Å². The lowest BCUT2D eigenvalue weighted by Gasteiger charge is -2.09. The molecule has 0 aliphatic rings. The van der Waals surface area contributed by atoms with E-state index in [1.165, 1.54) is 43.5 Å². The van der Waals surface area contributed by atoms with E-state index in [1.54, 1.807) is 6.07 Å². The average molecular weight is 511 g/mol. The molecule has 4 aromatic rings. The number of benzene rings is 4. The van der Waals surface area contributed by atoms with Crippen LogP contribution in [0.5, 0.6) is 0 Å². The van der Waals surface area contributed by atoms with Crippen molar-refractivity contribution in [2.45, 2.75) is 45.4 Å². The summed E-state index contributed by atoms with van der Waals surface area (Å²) >= 11 is 0. The highest BCUT2D eigenvalue weighted by Crippen LogP contribution is 2.32. The standard InChI is InChI=1S/C31H24F6/c1-2-3-4-5-6-7-19-8-11-21(25(32)14-19)12-9-20-10-13-24(26(33)15-20)22-16-23-18-28(35)30(36)31(37)29(23)27(34)17-22/h8,10-11,13-18H,2-7H2,1H3. The van der Waals surface area contributed by atoms with Gasteiger partial charge in [0, 0.05) is 11.1 Å². The summed E-state index contributed by atoms with van der Waals surface area (Å²) in [5.41, 5.74) is 1.34. The van der Waals surface area contributed by atoms with Crippen LogP contribution in [0.15, 0.2) is 54.6 Å². The van der Waals surface area contributed by atoms with Crippen LogP contribution in [0.1, 0.15) is 55.7 Å². The smallest absolute Gasteiger partial charge is 0.195 e. The minimum atomic E-state index is -1.78. The summed E-state index contributed by atoms with van der Waals surface area (Å²) in [6, 6.07) is 11.5. The summed E-state index contributed by atoms with van der Waals surface area (Å²) in [5.74, 6) is -1.81. The molecule has 190 valence electrons. The predicted octanol–water partition coefficient (Wildman–Crippen LogP) is 9.25. The number of fused-ring (bicyclic) bond motifs is 1. The van der Waals surface area contributed by atoms with Crippen LogP contribution in [-0.4, -0.2) is 0 Å². The van der Waals surface area contributed by atoms with Crippen molar-refractivity contribution in [2.75, 3.05) is 0 Å². The molecule has 4 rings (SSSR count). The number of rotatable bonds is 7. The van der Waals surface area contributed by atoms with Gasteiger partial charge in [-0.05, 0) is 71.8 Å². The molecule has 0 saturated carbocycles. The largest absolute Gasteiger partial charge is 0.206 e. The molecule has 0 spiro atoms. The second kappa shape index (κ2) is 11.6. The Morgan fingerprint density at radius 3 is 2.14 bits per heavy atom. The third-order valence-corrected chi connectivity index (χ3v) is 6.25. The van der Waals surface area contributed by atoms with Crippen LogP contribution >= 0.6 is 0 Å². The van der Waals surface area contributed by atoms with Gasteiger partial charge in [-0.25, -0.2) is 26.3 Å². The molecule has 0 N–H and O–H groups in total. The quantitative estimate of drug-likeness (QED) is 0.101. The van der Waals surface area contributed by atoms with E-state index in [0.717, 1.165) is 37.0 Å². The first-order valence-electron chi connectivity index (χ1n) is 12.2. The Labute approximate surface area is 212 Å². The van der Waals surface area contributed by atoms with Crippen LogP contribution in [0.25, 0.3) is 21.9 Å². The van der Waals surface area contributed by atoms with Crippen molar-refractivity contribution >= 4 is 10.8 Å². The summed E-state index contributed by atoms with van der Waals surface area (Å²) in [6.07, 6.45) is 6.44. The van der Waals surface area contributed by atoms with Crippen molar-refractivity contribution in [3.63, 3.8) is 0 Å². The van der Waals surface area contributed by atoms with Gasteiger partial charge >= 0.3 is 0 Å². The molecule has 0 fully saturated rings. The zero-order valence-electron chi connectivity index (χ0n) is 20.2.